The lowest BCUT2D eigenvalue weighted by Crippen LogP contribution is -2.41. The number of carbonyl (C=O) groups excluding carboxylic acids is 2. The van der Waals surface area contributed by atoms with Crippen molar-refractivity contribution in [3.8, 4) is 11.3 Å². The lowest BCUT2D eigenvalue weighted by atomic mass is 10.1. The van der Waals surface area contributed by atoms with E-state index in [1.54, 1.807) is 37.3 Å². The first-order valence-electron chi connectivity index (χ1n) is 11.0. The Bertz CT molecular complexity index is 1500. The Hall–Kier alpha value is -4.66. The fourth-order valence-corrected chi connectivity index (χ4v) is 3.77. The van der Waals surface area contributed by atoms with Gasteiger partial charge in [-0.3, -0.25) is 28.8 Å². The first kappa shape index (κ1) is 23.5. The normalized spacial score (nSPS) is 10.8. The summed E-state index contributed by atoms with van der Waals surface area (Å²) in [7, 11) is 0. The maximum absolute atomic E-state index is 13.3. The molecule has 0 saturated carbocycles. The van der Waals surface area contributed by atoms with Crippen LogP contribution in [-0.4, -0.2) is 27.8 Å². The van der Waals surface area contributed by atoms with Gasteiger partial charge in [-0.05, 0) is 31.5 Å². The molecule has 4 aromatic rings. The van der Waals surface area contributed by atoms with Gasteiger partial charge in [-0.25, -0.2) is 4.79 Å². The number of furan rings is 1. The molecule has 1 amide bonds. The maximum atomic E-state index is 13.3. The van der Waals surface area contributed by atoms with Gasteiger partial charge in [0, 0.05) is 17.7 Å². The summed E-state index contributed by atoms with van der Waals surface area (Å²) < 4.78 is 6.98. The van der Waals surface area contributed by atoms with E-state index in [4.69, 9.17) is 10.2 Å². The Morgan fingerprint density at radius 1 is 1.00 bits per heavy atom. The topological polar surface area (TPSA) is 131 Å². The zero-order valence-electron chi connectivity index (χ0n) is 19.3. The van der Waals surface area contributed by atoms with Crippen molar-refractivity contribution in [2.45, 2.75) is 20.4 Å². The Morgan fingerprint density at radius 3 is 2.31 bits per heavy atom. The summed E-state index contributed by atoms with van der Waals surface area (Å²) in [4.78, 5) is 53.4. The van der Waals surface area contributed by atoms with Crippen molar-refractivity contribution < 1.29 is 14.0 Å². The molecule has 0 aliphatic rings. The Kier molecular flexibility index (Phi) is 6.50. The molecule has 2 heterocycles. The molecule has 0 bridgehead atoms. The lowest BCUT2D eigenvalue weighted by molar-refractivity contribution is 0.0961. The summed E-state index contributed by atoms with van der Waals surface area (Å²) in [6.07, 6.45) is 0. The van der Waals surface area contributed by atoms with Crippen molar-refractivity contribution in [2.75, 3.05) is 17.2 Å². The number of aromatic amines is 1. The van der Waals surface area contributed by atoms with E-state index < -0.39 is 17.2 Å². The van der Waals surface area contributed by atoms with Crippen molar-refractivity contribution >= 4 is 23.2 Å². The molecule has 0 aliphatic carbocycles. The van der Waals surface area contributed by atoms with Crippen LogP contribution in [0.2, 0.25) is 0 Å². The van der Waals surface area contributed by atoms with Crippen LogP contribution in [0.4, 0.5) is 11.5 Å². The quantitative estimate of drug-likeness (QED) is 0.397. The third-order valence-electron chi connectivity index (χ3n) is 5.62. The number of carbonyl (C=O) groups is 2. The highest BCUT2D eigenvalue weighted by atomic mass is 16.4. The summed E-state index contributed by atoms with van der Waals surface area (Å²) in [5.74, 6) is -0.333. The van der Waals surface area contributed by atoms with E-state index in [1.165, 1.54) is 22.5 Å². The minimum absolute atomic E-state index is 0.00268. The number of nitrogens with zero attached hydrogens (tertiary/aromatic N) is 2. The van der Waals surface area contributed by atoms with Gasteiger partial charge in [0.2, 0.25) is 0 Å². The minimum atomic E-state index is -0.765. The van der Waals surface area contributed by atoms with Crippen LogP contribution in [0, 0.1) is 0 Å². The number of nitrogen functional groups attached to an aromatic ring is 1. The lowest BCUT2D eigenvalue weighted by Gasteiger charge is -2.22. The van der Waals surface area contributed by atoms with Gasteiger partial charge >= 0.3 is 5.69 Å². The number of aromatic nitrogens is 2. The molecule has 3 N–H and O–H groups in total. The number of hydrogen-bond acceptors (Lipinski definition) is 6. The number of ketones is 1. The molecule has 9 heteroatoms. The number of nitrogens with one attached hydrogen (secondary N) is 1. The summed E-state index contributed by atoms with van der Waals surface area (Å²) in [5, 5.41) is 0. The highest BCUT2D eigenvalue weighted by Crippen LogP contribution is 2.26. The zero-order valence-corrected chi connectivity index (χ0v) is 19.3. The monoisotopic (exact) mass is 472 g/mol. The SMILES string of the molecule is CCN(C(=O)c1ccc(-c2ccc(C(C)=O)cc2)o1)c1c(N)n(Cc2ccccc2)c(=O)[nH]c1=O. The number of amides is 1. The molecule has 0 fully saturated rings. The molecule has 2 aromatic carbocycles. The van der Waals surface area contributed by atoms with Gasteiger partial charge in [0.05, 0.1) is 6.54 Å². The van der Waals surface area contributed by atoms with Crippen molar-refractivity contribution in [2.24, 2.45) is 0 Å². The Balaban J connectivity index is 1.68. The van der Waals surface area contributed by atoms with Crippen LogP contribution in [0.1, 0.15) is 40.3 Å². The van der Waals surface area contributed by atoms with Gasteiger partial charge < -0.3 is 10.2 Å². The van der Waals surface area contributed by atoms with Gasteiger partial charge in [-0.2, -0.15) is 0 Å². The van der Waals surface area contributed by atoms with Gasteiger partial charge in [0.25, 0.3) is 11.5 Å². The third-order valence-corrected chi connectivity index (χ3v) is 5.62. The smallest absolute Gasteiger partial charge is 0.330 e. The fourth-order valence-electron chi connectivity index (χ4n) is 3.77. The molecule has 0 spiro atoms. The second-order valence-electron chi connectivity index (χ2n) is 7.91. The van der Waals surface area contributed by atoms with E-state index in [9.17, 15) is 19.2 Å². The minimum Gasteiger partial charge on any atom is -0.451 e. The van der Waals surface area contributed by atoms with Crippen LogP contribution in [-0.2, 0) is 6.54 Å². The molecular formula is C26H24N4O5. The van der Waals surface area contributed by atoms with Crippen molar-refractivity contribution in [1.29, 1.82) is 0 Å². The van der Waals surface area contributed by atoms with Crippen LogP contribution in [0.25, 0.3) is 11.3 Å². The molecule has 0 atom stereocenters. The van der Waals surface area contributed by atoms with Gasteiger partial charge in [-0.1, -0.05) is 54.6 Å². The fraction of sp³-hybridized carbons (Fsp3) is 0.154. The summed E-state index contributed by atoms with van der Waals surface area (Å²) in [5.41, 5.74) is 6.74. The van der Waals surface area contributed by atoms with Crippen molar-refractivity contribution in [1.82, 2.24) is 9.55 Å². The molecule has 0 radical (unpaired) electrons. The number of H-pyrrole nitrogens is 1. The number of Topliss-reactive ketones (excluding diaryl/α,β-unsaturated/α-hetero) is 1. The van der Waals surface area contributed by atoms with Crippen molar-refractivity contribution in [3.05, 3.63) is 104 Å². The standard InChI is InChI=1S/C26H24N4O5/c1-3-29(22-23(27)30(26(34)28-24(22)32)15-17-7-5-4-6-8-17)25(33)21-14-13-20(35-21)19-11-9-18(10-12-19)16(2)31/h4-14H,3,15,27H2,1-2H3,(H,28,32,34). The average molecular weight is 473 g/mol. The summed E-state index contributed by atoms with van der Waals surface area (Å²) >= 11 is 0. The van der Waals surface area contributed by atoms with Crippen LogP contribution in [0.5, 0.6) is 0 Å². The highest BCUT2D eigenvalue weighted by Gasteiger charge is 2.26. The molecule has 0 saturated heterocycles. The largest absolute Gasteiger partial charge is 0.451 e. The Morgan fingerprint density at radius 2 is 1.69 bits per heavy atom. The first-order valence-corrected chi connectivity index (χ1v) is 11.0. The van der Waals surface area contributed by atoms with Crippen LogP contribution in [0.15, 0.2) is 80.7 Å². The van der Waals surface area contributed by atoms with Crippen LogP contribution < -0.4 is 21.9 Å². The van der Waals surface area contributed by atoms with E-state index in [-0.39, 0.29) is 36.1 Å². The zero-order chi connectivity index (χ0) is 25.1. The predicted molar refractivity (Wildman–Crippen MR) is 133 cm³/mol. The van der Waals surface area contributed by atoms with Gasteiger partial charge in [-0.15, -0.1) is 0 Å². The molecule has 0 unspecified atom stereocenters. The molecule has 178 valence electrons. The van der Waals surface area contributed by atoms with E-state index in [2.05, 4.69) is 4.98 Å². The van der Waals surface area contributed by atoms with E-state index >= 15 is 0 Å². The summed E-state index contributed by atoms with van der Waals surface area (Å²) in [6.45, 7) is 3.41. The Labute approximate surface area is 200 Å². The summed E-state index contributed by atoms with van der Waals surface area (Å²) in [6, 6.07) is 19.1. The number of hydrogen-bond donors (Lipinski definition) is 2. The van der Waals surface area contributed by atoms with Crippen LogP contribution in [0.3, 0.4) is 0 Å². The second-order valence-corrected chi connectivity index (χ2v) is 7.91. The molecule has 4 rings (SSSR count). The molecule has 2 aromatic heterocycles. The molecule has 0 aliphatic heterocycles. The highest BCUT2D eigenvalue weighted by molar-refractivity contribution is 6.05. The number of rotatable bonds is 7. The third kappa shape index (κ3) is 4.70. The number of anilines is 2. The van der Waals surface area contributed by atoms with Crippen molar-refractivity contribution in [3.63, 3.8) is 0 Å². The number of nitrogens with two attached hydrogens (primary N) is 1. The maximum Gasteiger partial charge on any atom is 0.330 e. The molecule has 9 nitrogen and oxygen atoms in total. The predicted octanol–water partition coefficient (Wildman–Crippen LogP) is 3.30. The number of benzene rings is 2. The second kappa shape index (κ2) is 9.68. The van der Waals surface area contributed by atoms with E-state index in [0.29, 0.717) is 16.9 Å². The molecular weight excluding hydrogens is 448 g/mol. The molecule has 35 heavy (non-hydrogen) atoms. The first-order chi connectivity index (χ1) is 16.8. The average Bonchev–Trinajstić information content (AvgIpc) is 3.35. The van der Waals surface area contributed by atoms with E-state index in [0.717, 1.165) is 5.56 Å². The van der Waals surface area contributed by atoms with Gasteiger partial charge in [0.15, 0.2) is 17.2 Å². The van der Waals surface area contributed by atoms with Gasteiger partial charge in [0.1, 0.15) is 11.6 Å². The van der Waals surface area contributed by atoms with E-state index in [1.807, 2.05) is 30.3 Å². The van der Waals surface area contributed by atoms with Crippen LogP contribution >= 0.6 is 0 Å².